The molecule has 0 saturated heterocycles. The Bertz CT molecular complexity index is 319. The maximum atomic E-state index is 7.61. The van der Waals surface area contributed by atoms with Crippen LogP contribution in [-0.4, -0.2) is 19.1 Å². The van der Waals surface area contributed by atoms with Crippen LogP contribution < -0.4 is 4.74 Å². The van der Waals surface area contributed by atoms with Gasteiger partial charge >= 0.3 is 0 Å². The molecular formula is C13H19NO2. The van der Waals surface area contributed by atoms with Crippen LogP contribution in [-0.2, 0) is 4.74 Å². The molecule has 0 aromatic heterocycles. The van der Waals surface area contributed by atoms with Gasteiger partial charge in [-0.15, -0.1) is 0 Å². The molecule has 1 aromatic carbocycles. The fourth-order valence-corrected chi connectivity index (χ4v) is 1.26. The number of unbranched alkanes of at least 4 members (excludes halogenated alkanes) is 1. The van der Waals surface area contributed by atoms with E-state index in [0.717, 1.165) is 30.8 Å². The van der Waals surface area contributed by atoms with Crippen LogP contribution in [0, 0.1) is 5.41 Å². The summed E-state index contributed by atoms with van der Waals surface area (Å²) < 4.78 is 10.6. The molecule has 3 nitrogen and oxygen atoms in total. The molecule has 0 saturated carbocycles. The zero-order valence-corrected chi connectivity index (χ0v) is 9.95. The van der Waals surface area contributed by atoms with Gasteiger partial charge in [0.05, 0.1) is 13.2 Å². The molecule has 3 heteroatoms. The maximum Gasteiger partial charge on any atom is 0.213 e. The largest absolute Gasteiger partial charge is 0.494 e. The lowest BCUT2D eigenvalue weighted by atomic mass is 10.2. The van der Waals surface area contributed by atoms with Crippen molar-refractivity contribution in [1.29, 1.82) is 5.41 Å². The topological polar surface area (TPSA) is 42.3 Å². The van der Waals surface area contributed by atoms with Crippen LogP contribution in [0.3, 0.4) is 0 Å². The third-order valence-corrected chi connectivity index (χ3v) is 2.17. The summed E-state index contributed by atoms with van der Waals surface area (Å²) in [6.07, 6.45) is 2.20. The van der Waals surface area contributed by atoms with Gasteiger partial charge in [0.25, 0.3) is 0 Å². The van der Waals surface area contributed by atoms with Gasteiger partial charge in [-0.1, -0.05) is 13.3 Å². The molecule has 0 amide bonds. The molecule has 0 radical (unpaired) electrons. The standard InChI is InChI=1S/C13H19NO2/c1-3-5-10-16-12-8-6-11(7-9-12)13(14)15-4-2/h6-9,14H,3-5,10H2,1-2H3. The smallest absolute Gasteiger partial charge is 0.213 e. The normalized spacial score (nSPS) is 9.88. The van der Waals surface area contributed by atoms with Crippen molar-refractivity contribution in [3.8, 4) is 5.75 Å². The zero-order chi connectivity index (χ0) is 11.8. The molecule has 0 heterocycles. The van der Waals surface area contributed by atoms with Gasteiger partial charge in [-0.3, -0.25) is 5.41 Å². The van der Waals surface area contributed by atoms with Crippen LogP contribution in [0.15, 0.2) is 24.3 Å². The lowest BCUT2D eigenvalue weighted by Crippen LogP contribution is -2.04. The number of rotatable bonds is 6. The summed E-state index contributed by atoms with van der Waals surface area (Å²) >= 11 is 0. The minimum Gasteiger partial charge on any atom is -0.494 e. The van der Waals surface area contributed by atoms with E-state index < -0.39 is 0 Å². The quantitative estimate of drug-likeness (QED) is 0.455. The van der Waals surface area contributed by atoms with Gasteiger partial charge in [0.2, 0.25) is 5.90 Å². The molecule has 16 heavy (non-hydrogen) atoms. The van der Waals surface area contributed by atoms with Gasteiger partial charge < -0.3 is 9.47 Å². The van der Waals surface area contributed by atoms with Crippen molar-refractivity contribution in [3.05, 3.63) is 29.8 Å². The Balaban J connectivity index is 2.50. The molecule has 0 unspecified atom stereocenters. The Labute approximate surface area is 96.9 Å². The van der Waals surface area contributed by atoms with E-state index in [9.17, 15) is 0 Å². The number of hydrogen-bond donors (Lipinski definition) is 1. The molecule has 0 aliphatic heterocycles. The van der Waals surface area contributed by atoms with E-state index in [4.69, 9.17) is 14.9 Å². The molecule has 88 valence electrons. The Morgan fingerprint density at radius 2 is 1.88 bits per heavy atom. The number of ether oxygens (including phenoxy) is 2. The highest BCUT2D eigenvalue weighted by atomic mass is 16.5. The molecule has 1 N–H and O–H groups in total. The molecule has 0 spiro atoms. The summed E-state index contributed by atoms with van der Waals surface area (Å²) in [7, 11) is 0. The molecule has 0 atom stereocenters. The Morgan fingerprint density at radius 3 is 2.44 bits per heavy atom. The molecular weight excluding hydrogens is 202 g/mol. The summed E-state index contributed by atoms with van der Waals surface area (Å²) in [5.74, 6) is 1.06. The zero-order valence-electron chi connectivity index (χ0n) is 9.95. The average molecular weight is 221 g/mol. The summed E-state index contributed by atoms with van der Waals surface area (Å²) in [5, 5.41) is 7.61. The number of benzene rings is 1. The summed E-state index contributed by atoms with van der Waals surface area (Å²) in [5.41, 5.74) is 0.782. The lowest BCUT2D eigenvalue weighted by molar-refractivity contribution is 0.309. The SMILES string of the molecule is CCCCOc1ccc(C(=N)OCC)cc1. The monoisotopic (exact) mass is 221 g/mol. The third-order valence-electron chi connectivity index (χ3n) is 2.17. The van der Waals surface area contributed by atoms with Crippen LogP contribution in [0.4, 0.5) is 0 Å². The molecule has 0 aliphatic rings. The molecule has 0 fully saturated rings. The van der Waals surface area contributed by atoms with E-state index in [1.807, 2.05) is 31.2 Å². The number of nitrogens with one attached hydrogen (secondary N) is 1. The Kier molecular flexibility index (Phi) is 5.40. The van der Waals surface area contributed by atoms with Gasteiger partial charge in [-0.05, 0) is 37.6 Å². The van der Waals surface area contributed by atoms with Crippen LogP contribution >= 0.6 is 0 Å². The highest BCUT2D eigenvalue weighted by Gasteiger charge is 2.01. The van der Waals surface area contributed by atoms with Gasteiger partial charge in [0.15, 0.2) is 0 Å². The molecule has 1 rings (SSSR count). The van der Waals surface area contributed by atoms with Crippen molar-refractivity contribution >= 4 is 5.90 Å². The fourth-order valence-electron chi connectivity index (χ4n) is 1.26. The van der Waals surface area contributed by atoms with Gasteiger partial charge in [-0.2, -0.15) is 0 Å². The van der Waals surface area contributed by atoms with Crippen molar-refractivity contribution in [2.45, 2.75) is 26.7 Å². The second-order valence-electron chi connectivity index (χ2n) is 3.49. The van der Waals surface area contributed by atoms with E-state index in [1.165, 1.54) is 0 Å². The highest BCUT2D eigenvalue weighted by Crippen LogP contribution is 2.13. The van der Waals surface area contributed by atoms with E-state index in [2.05, 4.69) is 6.92 Å². The van der Waals surface area contributed by atoms with E-state index in [-0.39, 0.29) is 5.90 Å². The van der Waals surface area contributed by atoms with Crippen LogP contribution in [0.2, 0.25) is 0 Å². The lowest BCUT2D eigenvalue weighted by Gasteiger charge is -2.07. The maximum absolute atomic E-state index is 7.61. The van der Waals surface area contributed by atoms with Crippen molar-refractivity contribution < 1.29 is 9.47 Å². The van der Waals surface area contributed by atoms with E-state index in [1.54, 1.807) is 0 Å². The third kappa shape index (κ3) is 3.93. The first-order valence-electron chi connectivity index (χ1n) is 5.72. The van der Waals surface area contributed by atoms with Crippen molar-refractivity contribution in [2.24, 2.45) is 0 Å². The molecule has 1 aromatic rings. The number of hydrogen-bond acceptors (Lipinski definition) is 3. The van der Waals surface area contributed by atoms with Gasteiger partial charge in [0, 0.05) is 5.56 Å². The molecule has 0 bridgehead atoms. The average Bonchev–Trinajstić information content (AvgIpc) is 2.30. The predicted molar refractivity (Wildman–Crippen MR) is 65.3 cm³/mol. The summed E-state index contributed by atoms with van der Waals surface area (Å²) in [6.45, 7) is 5.28. The minimum absolute atomic E-state index is 0.211. The fraction of sp³-hybridized carbons (Fsp3) is 0.462. The van der Waals surface area contributed by atoms with Crippen LogP contribution in [0.25, 0.3) is 0 Å². The minimum atomic E-state index is 0.211. The molecule has 0 aliphatic carbocycles. The van der Waals surface area contributed by atoms with Gasteiger partial charge in [-0.25, -0.2) is 0 Å². The summed E-state index contributed by atoms with van der Waals surface area (Å²) in [4.78, 5) is 0. The van der Waals surface area contributed by atoms with Crippen LogP contribution in [0.5, 0.6) is 5.75 Å². The van der Waals surface area contributed by atoms with Crippen molar-refractivity contribution in [3.63, 3.8) is 0 Å². The van der Waals surface area contributed by atoms with Crippen molar-refractivity contribution in [2.75, 3.05) is 13.2 Å². The van der Waals surface area contributed by atoms with Crippen LogP contribution in [0.1, 0.15) is 32.3 Å². The second-order valence-corrected chi connectivity index (χ2v) is 3.49. The first-order valence-corrected chi connectivity index (χ1v) is 5.72. The predicted octanol–water partition coefficient (Wildman–Crippen LogP) is 3.23. The highest BCUT2D eigenvalue weighted by molar-refractivity contribution is 5.91. The van der Waals surface area contributed by atoms with E-state index >= 15 is 0 Å². The first kappa shape index (κ1) is 12.6. The van der Waals surface area contributed by atoms with Gasteiger partial charge in [0.1, 0.15) is 5.75 Å². The Morgan fingerprint density at radius 1 is 1.19 bits per heavy atom. The van der Waals surface area contributed by atoms with Crippen molar-refractivity contribution in [1.82, 2.24) is 0 Å². The first-order chi connectivity index (χ1) is 7.77. The second kappa shape index (κ2) is 6.88. The Hall–Kier alpha value is -1.51. The van der Waals surface area contributed by atoms with E-state index in [0.29, 0.717) is 6.61 Å². The summed E-state index contributed by atoms with van der Waals surface area (Å²) in [6, 6.07) is 7.44.